The number of nitrogens with one attached hydrogen (secondary N) is 1. The van der Waals surface area contributed by atoms with Gasteiger partial charge in [-0.25, -0.2) is 0 Å². The highest BCUT2D eigenvalue weighted by Gasteiger charge is 2.19. The van der Waals surface area contributed by atoms with Gasteiger partial charge in [-0.05, 0) is 64.0 Å². The topological polar surface area (TPSA) is 21.3 Å². The van der Waals surface area contributed by atoms with Crippen LogP contribution in [0.15, 0.2) is 0 Å². The first-order valence-corrected chi connectivity index (χ1v) is 8.04. The van der Waals surface area contributed by atoms with E-state index < -0.39 is 0 Å². The molecule has 0 aromatic carbocycles. The van der Waals surface area contributed by atoms with E-state index in [-0.39, 0.29) is 0 Å². The molecule has 0 bridgehead atoms. The van der Waals surface area contributed by atoms with Crippen LogP contribution in [0.3, 0.4) is 0 Å². The molecule has 1 rings (SSSR count). The lowest BCUT2D eigenvalue weighted by Crippen LogP contribution is -2.22. The number of hydrogen-bond donors (Lipinski definition) is 1. The third-order valence-electron chi connectivity index (χ3n) is 4.05. The maximum absolute atomic E-state index is 6.01. The van der Waals surface area contributed by atoms with Crippen molar-refractivity contribution in [3.05, 3.63) is 0 Å². The molecule has 1 saturated carbocycles. The molecule has 0 aliphatic heterocycles. The van der Waals surface area contributed by atoms with Crippen LogP contribution in [0.2, 0.25) is 0 Å². The Hall–Kier alpha value is -0.0800. The van der Waals surface area contributed by atoms with Gasteiger partial charge in [-0.1, -0.05) is 26.7 Å². The van der Waals surface area contributed by atoms with Crippen LogP contribution in [0.25, 0.3) is 0 Å². The summed E-state index contributed by atoms with van der Waals surface area (Å²) in [4.78, 5) is 0. The molecule has 2 nitrogen and oxygen atoms in total. The molecule has 108 valence electrons. The largest absolute Gasteiger partial charge is 0.378 e. The Morgan fingerprint density at radius 3 is 2.83 bits per heavy atom. The molecular formula is C16H33NO. The minimum atomic E-state index is 0.436. The molecule has 1 N–H and O–H groups in total. The van der Waals surface area contributed by atoms with Crippen molar-refractivity contribution in [1.82, 2.24) is 5.32 Å². The summed E-state index contributed by atoms with van der Waals surface area (Å²) in [6, 6.07) is 0. The van der Waals surface area contributed by atoms with Crippen molar-refractivity contribution < 1.29 is 4.74 Å². The highest BCUT2D eigenvalue weighted by Crippen LogP contribution is 2.28. The van der Waals surface area contributed by atoms with E-state index in [0.29, 0.717) is 6.10 Å². The summed E-state index contributed by atoms with van der Waals surface area (Å²) < 4.78 is 6.01. The third kappa shape index (κ3) is 7.38. The smallest absolute Gasteiger partial charge is 0.0547 e. The van der Waals surface area contributed by atoms with Gasteiger partial charge in [0.15, 0.2) is 0 Å². The fraction of sp³-hybridized carbons (Fsp3) is 1.00. The average molecular weight is 255 g/mol. The van der Waals surface area contributed by atoms with E-state index in [4.69, 9.17) is 4.74 Å². The molecule has 18 heavy (non-hydrogen) atoms. The summed E-state index contributed by atoms with van der Waals surface area (Å²) in [6.45, 7) is 10.1. The lowest BCUT2D eigenvalue weighted by atomic mass is 9.83. The zero-order chi connectivity index (χ0) is 13.2. The molecular weight excluding hydrogens is 222 g/mol. The van der Waals surface area contributed by atoms with Gasteiger partial charge in [0, 0.05) is 6.61 Å². The number of ether oxygens (including phenoxy) is 1. The van der Waals surface area contributed by atoms with Gasteiger partial charge >= 0.3 is 0 Å². The lowest BCUT2D eigenvalue weighted by molar-refractivity contribution is 0.0207. The summed E-state index contributed by atoms with van der Waals surface area (Å²) in [5.41, 5.74) is 0. The second-order valence-electron chi connectivity index (χ2n) is 6.17. The van der Waals surface area contributed by atoms with E-state index in [2.05, 4.69) is 26.1 Å². The second-order valence-corrected chi connectivity index (χ2v) is 6.17. The van der Waals surface area contributed by atoms with E-state index in [1.807, 2.05) is 0 Å². The summed E-state index contributed by atoms with van der Waals surface area (Å²) in [5.74, 6) is 1.75. The van der Waals surface area contributed by atoms with E-state index in [1.54, 1.807) is 0 Å². The van der Waals surface area contributed by atoms with Crippen molar-refractivity contribution in [3.8, 4) is 0 Å². The molecule has 3 atom stereocenters. The highest BCUT2D eigenvalue weighted by molar-refractivity contribution is 4.70. The minimum Gasteiger partial charge on any atom is -0.378 e. The van der Waals surface area contributed by atoms with Gasteiger partial charge in [0.1, 0.15) is 0 Å². The fourth-order valence-corrected chi connectivity index (χ4v) is 2.91. The number of rotatable bonds is 9. The maximum Gasteiger partial charge on any atom is 0.0547 e. The Labute approximate surface area is 114 Å². The molecule has 0 amide bonds. The Morgan fingerprint density at radius 1 is 1.28 bits per heavy atom. The molecule has 0 aromatic heterocycles. The Balaban J connectivity index is 1.97. The van der Waals surface area contributed by atoms with E-state index in [9.17, 15) is 0 Å². The van der Waals surface area contributed by atoms with Gasteiger partial charge in [-0.2, -0.15) is 0 Å². The van der Waals surface area contributed by atoms with Crippen molar-refractivity contribution in [2.75, 3.05) is 19.7 Å². The summed E-state index contributed by atoms with van der Waals surface area (Å²) in [5, 5.41) is 3.45. The summed E-state index contributed by atoms with van der Waals surface area (Å²) in [6.07, 6.45) is 9.69. The van der Waals surface area contributed by atoms with Crippen molar-refractivity contribution in [2.24, 2.45) is 11.8 Å². The zero-order valence-corrected chi connectivity index (χ0v) is 12.7. The molecule has 3 unspecified atom stereocenters. The third-order valence-corrected chi connectivity index (χ3v) is 4.05. The minimum absolute atomic E-state index is 0.436. The first-order chi connectivity index (χ1) is 8.72. The van der Waals surface area contributed by atoms with Crippen molar-refractivity contribution in [3.63, 3.8) is 0 Å². The normalized spacial score (nSPS) is 26.2. The highest BCUT2D eigenvalue weighted by atomic mass is 16.5. The Morgan fingerprint density at radius 2 is 2.11 bits per heavy atom. The predicted molar refractivity (Wildman–Crippen MR) is 78.9 cm³/mol. The molecule has 1 fully saturated rings. The van der Waals surface area contributed by atoms with Crippen LogP contribution in [0, 0.1) is 11.8 Å². The van der Waals surface area contributed by atoms with Crippen molar-refractivity contribution in [2.45, 2.75) is 71.8 Å². The predicted octanol–water partition coefficient (Wildman–Crippen LogP) is 4.00. The van der Waals surface area contributed by atoms with E-state index in [0.717, 1.165) is 31.5 Å². The van der Waals surface area contributed by atoms with Crippen LogP contribution in [0.5, 0.6) is 0 Å². The van der Waals surface area contributed by atoms with E-state index in [1.165, 1.54) is 44.9 Å². The van der Waals surface area contributed by atoms with Crippen LogP contribution >= 0.6 is 0 Å². The molecule has 2 heteroatoms. The SMILES string of the molecule is CCCNCCCC(C)OCC1CCCC(C)C1. The summed E-state index contributed by atoms with van der Waals surface area (Å²) >= 11 is 0. The zero-order valence-electron chi connectivity index (χ0n) is 12.7. The van der Waals surface area contributed by atoms with Crippen LogP contribution in [0.4, 0.5) is 0 Å². The molecule has 0 saturated heterocycles. The van der Waals surface area contributed by atoms with Gasteiger partial charge < -0.3 is 10.1 Å². The van der Waals surface area contributed by atoms with Crippen LogP contribution in [0.1, 0.15) is 65.7 Å². The Bertz CT molecular complexity index is 196. The molecule has 0 aromatic rings. The average Bonchev–Trinajstić information content (AvgIpc) is 2.36. The molecule has 0 radical (unpaired) electrons. The van der Waals surface area contributed by atoms with Crippen LogP contribution in [-0.2, 0) is 4.74 Å². The quantitative estimate of drug-likeness (QED) is 0.629. The molecule has 1 aliphatic rings. The number of hydrogen-bond acceptors (Lipinski definition) is 2. The first kappa shape index (κ1) is 16.0. The standard InChI is InChI=1S/C16H33NO/c1-4-10-17-11-6-8-15(3)18-13-16-9-5-7-14(2)12-16/h14-17H,4-13H2,1-3H3. The van der Waals surface area contributed by atoms with Crippen LogP contribution in [-0.4, -0.2) is 25.8 Å². The Kier molecular flexibility index (Phi) is 8.70. The van der Waals surface area contributed by atoms with E-state index >= 15 is 0 Å². The van der Waals surface area contributed by atoms with Crippen LogP contribution < -0.4 is 5.32 Å². The van der Waals surface area contributed by atoms with Gasteiger partial charge in [-0.3, -0.25) is 0 Å². The van der Waals surface area contributed by atoms with Crippen molar-refractivity contribution in [1.29, 1.82) is 0 Å². The van der Waals surface area contributed by atoms with Crippen molar-refractivity contribution >= 4 is 0 Å². The monoisotopic (exact) mass is 255 g/mol. The summed E-state index contributed by atoms with van der Waals surface area (Å²) in [7, 11) is 0. The van der Waals surface area contributed by atoms with Gasteiger partial charge in [0.05, 0.1) is 6.10 Å². The van der Waals surface area contributed by atoms with Gasteiger partial charge in [-0.15, -0.1) is 0 Å². The molecule has 1 aliphatic carbocycles. The fourth-order valence-electron chi connectivity index (χ4n) is 2.91. The maximum atomic E-state index is 6.01. The molecule has 0 spiro atoms. The second kappa shape index (κ2) is 9.80. The molecule has 0 heterocycles. The van der Waals surface area contributed by atoms with Gasteiger partial charge in [0.25, 0.3) is 0 Å². The van der Waals surface area contributed by atoms with Gasteiger partial charge in [0.2, 0.25) is 0 Å². The first-order valence-electron chi connectivity index (χ1n) is 8.04. The lowest BCUT2D eigenvalue weighted by Gasteiger charge is -2.27.